The van der Waals surface area contributed by atoms with Crippen LogP contribution in [0.3, 0.4) is 0 Å². The lowest BCUT2D eigenvalue weighted by molar-refractivity contribution is 0.102. The monoisotopic (exact) mass is 420 g/mol. The Morgan fingerprint density at radius 2 is 1.94 bits per heavy atom. The summed E-state index contributed by atoms with van der Waals surface area (Å²) in [5, 5.41) is 26.3. The van der Waals surface area contributed by atoms with Crippen molar-refractivity contribution in [2.75, 3.05) is 17.6 Å². The largest absolute Gasteiger partial charge is 0.508 e. The fourth-order valence-corrected chi connectivity index (χ4v) is 3.26. The van der Waals surface area contributed by atoms with Crippen molar-refractivity contribution < 1.29 is 15.0 Å². The molecule has 2 atom stereocenters. The van der Waals surface area contributed by atoms with Gasteiger partial charge in [0.05, 0.1) is 6.10 Å². The van der Waals surface area contributed by atoms with Crippen LogP contribution in [-0.2, 0) is 6.42 Å². The van der Waals surface area contributed by atoms with Crippen LogP contribution in [0.5, 0.6) is 5.75 Å². The van der Waals surface area contributed by atoms with E-state index in [1.54, 1.807) is 49.5 Å². The number of aliphatic hydroxyl groups is 1. The average Bonchev–Trinajstić information content (AvgIpc) is 2.76. The molecular weight excluding hydrogens is 392 g/mol. The van der Waals surface area contributed by atoms with E-state index in [0.717, 1.165) is 5.56 Å². The number of aromatic nitrogens is 1. The first kappa shape index (κ1) is 22.3. The van der Waals surface area contributed by atoms with Crippen LogP contribution in [-0.4, -0.2) is 33.7 Å². The Balaban J connectivity index is 1.57. The number of hydrogen-bond acceptors (Lipinski definition) is 6. The second kappa shape index (κ2) is 10.1. The highest BCUT2D eigenvalue weighted by molar-refractivity contribution is 6.04. The summed E-state index contributed by atoms with van der Waals surface area (Å²) in [6.07, 6.45) is 1.58. The smallest absolute Gasteiger partial charge is 0.255 e. The molecule has 0 unspecified atom stereocenters. The van der Waals surface area contributed by atoms with E-state index < -0.39 is 6.10 Å². The SMILES string of the molecule is Cc1c(O)cccc1NC(=O)c1cccc(C[C@@H](C)NC[C@H](O)c2ccc(N)nc2)c1. The molecule has 3 aromatic rings. The second-order valence-corrected chi connectivity index (χ2v) is 7.65. The molecule has 7 heteroatoms. The predicted molar refractivity (Wildman–Crippen MR) is 122 cm³/mol. The number of phenols is 1. The predicted octanol–water partition coefficient (Wildman–Crippen LogP) is 3.18. The van der Waals surface area contributed by atoms with Gasteiger partial charge < -0.3 is 26.6 Å². The van der Waals surface area contributed by atoms with Gasteiger partial charge in [0, 0.05) is 41.2 Å². The lowest BCUT2D eigenvalue weighted by atomic mass is 10.0. The summed E-state index contributed by atoms with van der Waals surface area (Å²) in [5.41, 5.74) is 9.03. The number of amides is 1. The summed E-state index contributed by atoms with van der Waals surface area (Å²) in [4.78, 5) is 16.7. The highest BCUT2D eigenvalue weighted by atomic mass is 16.3. The van der Waals surface area contributed by atoms with Crippen molar-refractivity contribution in [3.63, 3.8) is 0 Å². The molecule has 2 aromatic carbocycles. The number of nitrogens with one attached hydrogen (secondary N) is 2. The summed E-state index contributed by atoms with van der Waals surface area (Å²) in [6, 6.07) is 16.0. The Bertz CT molecular complexity index is 1040. The number of nitrogens with two attached hydrogens (primary N) is 1. The maximum Gasteiger partial charge on any atom is 0.255 e. The third-order valence-corrected chi connectivity index (χ3v) is 5.14. The van der Waals surface area contributed by atoms with E-state index in [2.05, 4.69) is 15.6 Å². The molecule has 162 valence electrons. The van der Waals surface area contributed by atoms with Gasteiger partial charge in [0.2, 0.25) is 0 Å². The molecule has 0 radical (unpaired) electrons. The molecule has 0 fully saturated rings. The van der Waals surface area contributed by atoms with Crippen LogP contribution in [0.2, 0.25) is 0 Å². The van der Waals surface area contributed by atoms with Crippen LogP contribution in [0.15, 0.2) is 60.8 Å². The van der Waals surface area contributed by atoms with Gasteiger partial charge in [-0.25, -0.2) is 4.98 Å². The zero-order valence-corrected chi connectivity index (χ0v) is 17.7. The number of benzene rings is 2. The first-order valence-corrected chi connectivity index (χ1v) is 10.1. The Kier molecular flexibility index (Phi) is 7.23. The number of pyridine rings is 1. The van der Waals surface area contributed by atoms with E-state index in [1.165, 1.54) is 0 Å². The summed E-state index contributed by atoms with van der Waals surface area (Å²) >= 11 is 0. The normalized spacial score (nSPS) is 12.9. The summed E-state index contributed by atoms with van der Waals surface area (Å²) < 4.78 is 0. The molecule has 0 aliphatic carbocycles. The lowest BCUT2D eigenvalue weighted by Crippen LogP contribution is -2.32. The lowest BCUT2D eigenvalue weighted by Gasteiger charge is -2.18. The Morgan fingerprint density at radius 3 is 2.68 bits per heavy atom. The number of aromatic hydroxyl groups is 1. The van der Waals surface area contributed by atoms with Gasteiger partial charge in [-0.2, -0.15) is 0 Å². The number of carbonyl (C=O) groups excluding carboxylic acids is 1. The van der Waals surface area contributed by atoms with Gasteiger partial charge in [0.15, 0.2) is 0 Å². The minimum Gasteiger partial charge on any atom is -0.508 e. The molecule has 31 heavy (non-hydrogen) atoms. The van der Waals surface area contributed by atoms with Gasteiger partial charge >= 0.3 is 0 Å². The fraction of sp³-hybridized carbons (Fsp3) is 0.250. The summed E-state index contributed by atoms with van der Waals surface area (Å²) in [6.45, 7) is 4.16. The van der Waals surface area contributed by atoms with Crippen LogP contribution in [0.4, 0.5) is 11.5 Å². The van der Waals surface area contributed by atoms with Crippen LogP contribution in [0.25, 0.3) is 0 Å². The van der Waals surface area contributed by atoms with Gasteiger partial charge in [0.25, 0.3) is 5.91 Å². The standard InChI is InChI=1S/C24H28N4O3/c1-15(26-14-22(30)19-9-10-23(25)27-13-19)11-17-5-3-6-18(12-17)24(31)28-20-7-4-8-21(29)16(20)2/h3-10,12-13,15,22,26,29-30H,11,14H2,1-2H3,(H2,25,27)(H,28,31)/t15-,22+/m1/s1. The molecule has 1 heterocycles. The molecule has 0 saturated carbocycles. The zero-order chi connectivity index (χ0) is 22.4. The minimum atomic E-state index is -0.682. The molecule has 1 aromatic heterocycles. The minimum absolute atomic E-state index is 0.0861. The van der Waals surface area contributed by atoms with E-state index in [0.29, 0.717) is 41.2 Å². The van der Waals surface area contributed by atoms with Crippen molar-refractivity contribution in [1.82, 2.24) is 10.3 Å². The van der Waals surface area contributed by atoms with E-state index in [1.807, 2.05) is 25.1 Å². The Hall–Kier alpha value is -3.42. The van der Waals surface area contributed by atoms with Gasteiger partial charge in [0.1, 0.15) is 11.6 Å². The van der Waals surface area contributed by atoms with E-state index in [9.17, 15) is 15.0 Å². The average molecular weight is 421 g/mol. The van der Waals surface area contributed by atoms with Crippen molar-refractivity contribution in [3.8, 4) is 5.75 Å². The molecule has 0 aliphatic heterocycles. The van der Waals surface area contributed by atoms with Gasteiger partial charge in [-0.05, 0) is 56.2 Å². The molecule has 6 N–H and O–H groups in total. The third-order valence-electron chi connectivity index (χ3n) is 5.14. The molecule has 0 bridgehead atoms. The Morgan fingerprint density at radius 1 is 1.16 bits per heavy atom. The number of nitrogens with zero attached hydrogens (tertiary/aromatic N) is 1. The first-order chi connectivity index (χ1) is 14.8. The molecule has 7 nitrogen and oxygen atoms in total. The van der Waals surface area contributed by atoms with Gasteiger partial charge in [-0.3, -0.25) is 4.79 Å². The number of phenolic OH excluding ortho intramolecular Hbond substituents is 1. The van der Waals surface area contributed by atoms with Crippen LogP contribution >= 0.6 is 0 Å². The third kappa shape index (κ3) is 6.04. The van der Waals surface area contributed by atoms with Crippen molar-refractivity contribution in [3.05, 3.63) is 83.0 Å². The molecular formula is C24H28N4O3. The zero-order valence-electron chi connectivity index (χ0n) is 17.7. The molecule has 0 spiro atoms. The summed E-state index contributed by atoms with van der Waals surface area (Å²) in [5.74, 6) is 0.325. The quantitative estimate of drug-likeness (QED) is 0.382. The van der Waals surface area contributed by atoms with Crippen LogP contribution in [0, 0.1) is 6.92 Å². The molecule has 1 amide bonds. The number of rotatable bonds is 8. The number of hydrogen-bond donors (Lipinski definition) is 5. The van der Waals surface area contributed by atoms with Crippen molar-refractivity contribution >= 4 is 17.4 Å². The number of aliphatic hydroxyl groups excluding tert-OH is 1. The highest BCUT2D eigenvalue weighted by Gasteiger charge is 2.13. The van der Waals surface area contributed by atoms with E-state index >= 15 is 0 Å². The summed E-state index contributed by atoms with van der Waals surface area (Å²) in [7, 11) is 0. The van der Waals surface area contributed by atoms with Crippen molar-refractivity contribution in [2.45, 2.75) is 32.4 Å². The van der Waals surface area contributed by atoms with E-state index in [4.69, 9.17) is 5.73 Å². The van der Waals surface area contributed by atoms with Crippen molar-refractivity contribution in [1.29, 1.82) is 0 Å². The Labute approximate surface area is 182 Å². The van der Waals surface area contributed by atoms with Crippen LogP contribution in [0.1, 0.15) is 40.1 Å². The van der Waals surface area contributed by atoms with E-state index in [-0.39, 0.29) is 17.7 Å². The van der Waals surface area contributed by atoms with Gasteiger partial charge in [-0.1, -0.05) is 24.3 Å². The number of carbonyl (C=O) groups is 1. The first-order valence-electron chi connectivity index (χ1n) is 10.1. The second-order valence-electron chi connectivity index (χ2n) is 7.65. The number of nitrogen functional groups attached to an aromatic ring is 1. The maximum atomic E-state index is 12.7. The van der Waals surface area contributed by atoms with Crippen LogP contribution < -0.4 is 16.4 Å². The highest BCUT2D eigenvalue weighted by Crippen LogP contribution is 2.24. The van der Waals surface area contributed by atoms with Crippen molar-refractivity contribution in [2.24, 2.45) is 0 Å². The molecule has 0 saturated heterocycles. The molecule has 0 aliphatic rings. The fourth-order valence-electron chi connectivity index (χ4n) is 3.26. The topological polar surface area (TPSA) is 120 Å². The number of anilines is 2. The van der Waals surface area contributed by atoms with Gasteiger partial charge in [-0.15, -0.1) is 0 Å². The molecule has 3 rings (SSSR count). The maximum absolute atomic E-state index is 12.7.